The molecule has 2 aromatic carbocycles. The van der Waals surface area contributed by atoms with Crippen molar-refractivity contribution in [3.63, 3.8) is 0 Å². The van der Waals surface area contributed by atoms with Crippen molar-refractivity contribution in [3.8, 4) is 16.3 Å². The third-order valence-corrected chi connectivity index (χ3v) is 5.86. The average Bonchev–Trinajstić information content (AvgIpc) is 3.28. The Morgan fingerprint density at radius 2 is 2.00 bits per heavy atom. The van der Waals surface area contributed by atoms with Crippen LogP contribution in [0.4, 0.5) is 5.69 Å². The van der Waals surface area contributed by atoms with Gasteiger partial charge in [-0.05, 0) is 48.9 Å². The Morgan fingerprint density at radius 1 is 1.24 bits per heavy atom. The second kappa shape index (κ2) is 7.92. The highest BCUT2D eigenvalue weighted by atomic mass is 79.9. The normalized spacial score (nSPS) is 11.0. The van der Waals surface area contributed by atoms with Gasteiger partial charge in [0.15, 0.2) is 5.82 Å². The molecule has 4 rings (SSSR count). The second-order valence-electron chi connectivity index (χ2n) is 6.41. The molecule has 0 spiro atoms. The predicted molar refractivity (Wildman–Crippen MR) is 117 cm³/mol. The minimum Gasteiger partial charge on any atom is -0.496 e. The molecule has 0 aliphatic rings. The number of aromatic nitrogens is 4. The number of carbonyl (C=O) groups excluding carboxylic acids is 1. The zero-order valence-corrected chi connectivity index (χ0v) is 18.5. The highest BCUT2D eigenvalue weighted by molar-refractivity contribution is 9.10. The van der Waals surface area contributed by atoms with E-state index >= 15 is 0 Å². The minimum atomic E-state index is -0.231. The number of halogens is 1. The van der Waals surface area contributed by atoms with E-state index in [4.69, 9.17) is 4.74 Å². The SMILES string of the molecule is CCc1nnc2sc(-c3ccc(NC(=O)c4cc(Br)cc(C)c4OC)cc3)nn12. The monoisotopic (exact) mass is 471 g/mol. The van der Waals surface area contributed by atoms with Crippen LogP contribution in [0.25, 0.3) is 15.5 Å². The fourth-order valence-electron chi connectivity index (χ4n) is 3.06. The number of ether oxygens (including phenoxy) is 1. The van der Waals surface area contributed by atoms with E-state index in [9.17, 15) is 4.79 Å². The summed E-state index contributed by atoms with van der Waals surface area (Å²) in [6.07, 6.45) is 0.772. The molecule has 1 N–H and O–H groups in total. The van der Waals surface area contributed by atoms with Crippen molar-refractivity contribution in [1.29, 1.82) is 0 Å². The number of nitrogens with one attached hydrogen (secondary N) is 1. The van der Waals surface area contributed by atoms with Gasteiger partial charge in [0.05, 0.1) is 12.7 Å². The predicted octanol–water partition coefficient (Wildman–Crippen LogP) is 4.75. The lowest BCUT2D eigenvalue weighted by molar-refractivity contribution is 0.102. The van der Waals surface area contributed by atoms with Gasteiger partial charge in [0.2, 0.25) is 4.96 Å². The van der Waals surface area contributed by atoms with Crippen LogP contribution in [0.1, 0.15) is 28.7 Å². The molecule has 7 nitrogen and oxygen atoms in total. The van der Waals surface area contributed by atoms with Gasteiger partial charge in [0.25, 0.3) is 5.91 Å². The number of benzene rings is 2. The number of methoxy groups -OCH3 is 1. The molecule has 0 atom stereocenters. The van der Waals surface area contributed by atoms with Crippen molar-refractivity contribution in [2.45, 2.75) is 20.3 Å². The summed E-state index contributed by atoms with van der Waals surface area (Å²) in [6, 6.07) is 11.2. The van der Waals surface area contributed by atoms with Crippen LogP contribution in [-0.2, 0) is 6.42 Å². The lowest BCUT2D eigenvalue weighted by Crippen LogP contribution is -2.13. The number of hydrogen-bond acceptors (Lipinski definition) is 6. The molecule has 0 aliphatic carbocycles. The fraction of sp³-hybridized carbons (Fsp3) is 0.200. The Labute approximate surface area is 179 Å². The molecule has 0 radical (unpaired) electrons. The summed E-state index contributed by atoms with van der Waals surface area (Å²) in [5.74, 6) is 1.17. The quantitative estimate of drug-likeness (QED) is 0.454. The van der Waals surface area contributed by atoms with Crippen LogP contribution in [0.3, 0.4) is 0 Å². The first-order valence-corrected chi connectivity index (χ1v) is 10.6. The van der Waals surface area contributed by atoms with Crippen LogP contribution in [0.2, 0.25) is 0 Å². The third kappa shape index (κ3) is 3.75. The highest BCUT2D eigenvalue weighted by Gasteiger charge is 2.16. The first kappa shape index (κ1) is 19.5. The summed E-state index contributed by atoms with van der Waals surface area (Å²) < 4.78 is 8.01. The smallest absolute Gasteiger partial charge is 0.259 e. The van der Waals surface area contributed by atoms with Crippen molar-refractivity contribution in [2.75, 3.05) is 12.4 Å². The minimum absolute atomic E-state index is 0.231. The van der Waals surface area contributed by atoms with Gasteiger partial charge in [-0.2, -0.15) is 9.61 Å². The number of aryl methyl sites for hydroxylation is 2. The topological polar surface area (TPSA) is 81.4 Å². The van der Waals surface area contributed by atoms with E-state index in [1.54, 1.807) is 17.7 Å². The Hall–Kier alpha value is -2.78. The van der Waals surface area contributed by atoms with E-state index in [2.05, 4.69) is 36.5 Å². The Balaban J connectivity index is 1.56. The molecule has 1 amide bonds. The number of carbonyl (C=O) groups is 1. The summed E-state index contributed by atoms with van der Waals surface area (Å²) in [6.45, 7) is 3.92. The number of anilines is 1. The lowest BCUT2D eigenvalue weighted by Gasteiger charge is -2.12. The zero-order valence-electron chi connectivity index (χ0n) is 16.1. The Kier molecular flexibility index (Phi) is 5.33. The van der Waals surface area contributed by atoms with E-state index in [-0.39, 0.29) is 5.91 Å². The molecule has 148 valence electrons. The first-order chi connectivity index (χ1) is 14.0. The van der Waals surface area contributed by atoms with Crippen LogP contribution in [0, 0.1) is 6.92 Å². The van der Waals surface area contributed by atoms with Gasteiger partial charge < -0.3 is 10.1 Å². The van der Waals surface area contributed by atoms with Crippen LogP contribution in [0.15, 0.2) is 40.9 Å². The van der Waals surface area contributed by atoms with Gasteiger partial charge in [-0.25, -0.2) is 0 Å². The van der Waals surface area contributed by atoms with E-state index in [1.807, 2.05) is 44.2 Å². The second-order valence-corrected chi connectivity index (χ2v) is 8.28. The van der Waals surface area contributed by atoms with Gasteiger partial charge in [-0.3, -0.25) is 4.79 Å². The third-order valence-electron chi connectivity index (χ3n) is 4.45. The number of nitrogens with zero attached hydrogens (tertiary/aromatic N) is 4. The molecular formula is C20H18BrN5O2S. The molecule has 29 heavy (non-hydrogen) atoms. The van der Waals surface area contributed by atoms with Gasteiger partial charge in [-0.15, -0.1) is 10.2 Å². The van der Waals surface area contributed by atoms with Crippen LogP contribution < -0.4 is 10.1 Å². The van der Waals surface area contributed by atoms with Crippen molar-refractivity contribution in [2.24, 2.45) is 0 Å². The largest absolute Gasteiger partial charge is 0.496 e. The van der Waals surface area contributed by atoms with Gasteiger partial charge in [-0.1, -0.05) is 34.2 Å². The maximum atomic E-state index is 12.8. The van der Waals surface area contributed by atoms with Gasteiger partial charge >= 0.3 is 0 Å². The standard InChI is InChI=1S/C20H18BrN5O2S/c1-4-16-23-24-20-26(16)25-19(29-20)12-5-7-14(8-6-12)22-18(27)15-10-13(21)9-11(2)17(15)28-3/h5-10H,4H2,1-3H3,(H,22,27). The van der Waals surface area contributed by atoms with Crippen molar-refractivity contribution < 1.29 is 9.53 Å². The van der Waals surface area contributed by atoms with E-state index in [1.165, 1.54) is 11.3 Å². The highest BCUT2D eigenvalue weighted by Crippen LogP contribution is 2.30. The van der Waals surface area contributed by atoms with E-state index in [0.29, 0.717) is 17.0 Å². The molecule has 2 heterocycles. The number of rotatable bonds is 5. The zero-order chi connectivity index (χ0) is 20.5. The van der Waals surface area contributed by atoms with Crippen molar-refractivity contribution in [1.82, 2.24) is 19.8 Å². The molecule has 2 aromatic heterocycles. The molecule has 0 saturated carbocycles. The molecular weight excluding hydrogens is 454 g/mol. The van der Waals surface area contributed by atoms with Crippen molar-refractivity contribution >= 4 is 43.8 Å². The molecule has 0 fully saturated rings. The van der Waals surface area contributed by atoms with Gasteiger partial charge in [0.1, 0.15) is 10.8 Å². The van der Waals surface area contributed by atoms with Crippen LogP contribution in [-0.4, -0.2) is 32.8 Å². The fourth-order valence-corrected chi connectivity index (χ4v) is 4.49. The lowest BCUT2D eigenvalue weighted by atomic mass is 10.1. The molecule has 9 heteroatoms. The van der Waals surface area contributed by atoms with E-state index in [0.717, 1.165) is 37.8 Å². The van der Waals surface area contributed by atoms with Gasteiger partial charge in [0, 0.05) is 22.1 Å². The number of amides is 1. The number of fused-ring (bicyclic) bond motifs is 1. The first-order valence-electron chi connectivity index (χ1n) is 8.97. The molecule has 0 unspecified atom stereocenters. The Morgan fingerprint density at radius 3 is 2.69 bits per heavy atom. The Bertz CT molecular complexity index is 1200. The van der Waals surface area contributed by atoms with Crippen LogP contribution in [0.5, 0.6) is 5.75 Å². The summed E-state index contributed by atoms with van der Waals surface area (Å²) in [5, 5.41) is 16.6. The number of hydrogen-bond donors (Lipinski definition) is 1. The maximum absolute atomic E-state index is 12.8. The molecule has 4 aromatic rings. The summed E-state index contributed by atoms with van der Waals surface area (Å²) >= 11 is 4.91. The molecule has 0 bridgehead atoms. The van der Waals surface area contributed by atoms with E-state index < -0.39 is 0 Å². The van der Waals surface area contributed by atoms with Crippen LogP contribution >= 0.6 is 27.3 Å². The van der Waals surface area contributed by atoms with Crippen molar-refractivity contribution in [3.05, 3.63) is 57.8 Å². The maximum Gasteiger partial charge on any atom is 0.259 e. The average molecular weight is 472 g/mol. The molecule has 0 saturated heterocycles. The summed E-state index contributed by atoms with van der Waals surface area (Å²) in [5.41, 5.74) is 3.01. The molecule has 0 aliphatic heterocycles. The summed E-state index contributed by atoms with van der Waals surface area (Å²) in [7, 11) is 1.56. The summed E-state index contributed by atoms with van der Waals surface area (Å²) in [4.78, 5) is 13.5.